The lowest BCUT2D eigenvalue weighted by atomic mass is 9.98. The molecular formula is C22H32F2O4. The average molecular weight is 398 g/mol. The Bertz CT molecular complexity index is 608. The first-order valence-electron chi connectivity index (χ1n) is 10.1. The zero-order chi connectivity index (χ0) is 20.4. The molecule has 0 spiro atoms. The second-order valence-electron chi connectivity index (χ2n) is 7.21. The molecule has 0 radical (unpaired) electrons. The highest BCUT2D eigenvalue weighted by molar-refractivity contribution is 5.17. The van der Waals surface area contributed by atoms with Gasteiger partial charge in [-0.15, -0.1) is 0 Å². The molecule has 0 bridgehead atoms. The average Bonchev–Trinajstić information content (AvgIpc) is 2.68. The van der Waals surface area contributed by atoms with Crippen molar-refractivity contribution in [1.82, 2.24) is 0 Å². The lowest BCUT2D eigenvalue weighted by molar-refractivity contribution is -0.201. The molecule has 1 aromatic carbocycles. The molecule has 1 N–H and O–H groups in total. The number of unbranched alkanes of at least 4 members (excludes halogenated alkanes) is 5. The van der Waals surface area contributed by atoms with Crippen molar-refractivity contribution in [2.24, 2.45) is 0 Å². The number of halogens is 2. The highest BCUT2D eigenvalue weighted by Crippen LogP contribution is 2.23. The van der Waals surface area contributed by atoms with Gasteiger partial charge in [-0.1, -0.05) is 50.8 Å². The lowest BCUT2D eigenvalue weighted by Crippen LogP contribution is -2.54. The van der Waals surface area contributed by atoms with Crippen LogP contribution in [-0.4, -0.2) is 43.2 Å². The normalized spacial score (nSPS) is 25.5. The Balaban J connectivity index is 1.81. The van der Waals surface area contributed by atoms with Crippen LogP contribution in [0.4, 0.5) is 8.78 Å². The van der Waals surface area contributed by atoms with Crippen molar-refractivity contribution < 1.29 is 28.1 Å². The topological polar surface area (TPSA) is 47.9 Å². The SMILES string of the molecule is CCCCCCC/C=C/[C@@H]1OC[C@@H](OCc2ccc(F)cc2F)[C@H](OC)[C@@H]1O. The Hall–Kier alpha value is -1.34. The van der Waals surface area contributed by atoms with E-state index in [9.17, 15) is 13.9 Å². The van der Waals surface area contributed by atoms with Gasteiger partial charge in [-0.25, -0.2) is 8.78 Å². The molecule has 0 aromatic heterocycles. The van der Waals surface area contributed by atoms with Crippen LogP contribution in [0.5, 0.6) is 0 Å². The summed E-state index contributed by atoms with van der Waals surface area (Å²) in [5.41, 5.74) is 0.246. The van der Waals surface area contributed by atoms with E-state index in [1.807, 2.05) is 12.2 Å². The molecule has 0 unspecified atom stereocenters. The summed E-state index contributed by atoms with van der Waals surface area (Å²) in [7, 11) is 1.50. The molecule has 0 amide bonds. The van der Waals surface area contributed by atoms with Crippen molar-refractivity contribution in [3.05, 3.63) is 47.5 Å². The van der Waals surface area contributed by atoms with Crippen LogP contribution in [0.15, 0.2) is 30.4 Å². The van der Waals surface area contributed by atoms with Crippen LogP contribution in [0.25, 0.3) is 0 Å². The number of ether oxygens (including phenoxy) is 3. The molecule has 4 atom stereocenters. The van der Waals surface area contributed by atoms with E-state index in [4.69, 9.17) is 14.2 Å². The predicted octanol–water partition coefficient (Wildman–Crippen LogP) is 4.54. The summed E-state index contributed by atoms with van der Waals surface area (Å²) in [5, 5.41) is 10.6. The van der Waals surface area contributed by atoms with Gasteiger partial charge in [0, 0.05) is 18.7 Å². The van der Waals surface area contributed by atoms with E-state index in [0.29, 0.717) is 0 Å². The Kier molecular flexibility index (Phi) is 10.1. The number of hydrogen-bond acceptors (Lipinski definition) is 4. The first-order valence-corrected chi connectivity index (χ1v) is 10.1. The van der Waals surface area contributed by atoms with Crippen molar-refractivity contribution in [3.63, 3.8) is 0 Å². The van der Waals surface area contributed by atoms with Crippen LogP contribution in [0.3, 0.4) is 0 Å². The van der Waals surface area contributed by atoms with Gasteiger partial charge in [0.25, 0.3) is 0 Å². The maximum atomic E-state index is 13.8. The molecule has 1 fully saturated rings. The van der Waals surface area contributed by atoms with Gasteiger partial charge >= 0.3 is 0 Å². The third kappa shape index (κ3) is 6.92. The summed E-state index contributed by atoms with van der Waals surface area (Å²) in [6.07, 6.45) is 8.52. The summed E-state index contributed by atoms with van der Waals surface area (Å²) in [6.45, 7) is 2.37. The highest BCUT2D eigenvalue weighted by Gasteiger charge is 2.39. The maximum Gasteiger partial charge on any atom is 0.131 e. The van der Waals surface area contributed by atoms with Gasteiger partial charge in [0.15, 0.2) is 0 Å². The fraction of sp³-hybridized carbons (Fsp3) is 0.636. The number of rotatable bonds is 11. The van der Waals surface area contributed by atoms with Crippen molar-refractivity contribution in [2.45, 2.75) is 76.5 Å². The van der Waals surface area contributed by atoms with E-state index >= 15 is 0 Å². The minimum Gasteiger partial charge on any atom is -0.387 e. The molecule has 1 saturated heterocycles. The van der Waals surface area contributed by atoms with Crippen molar-refractivity contribution >= 4 is 0 Å². The molecule has 1 heterocycles. The van der Waals surface area contributed by atoms with E-state index in [-0.39, 0.29) is 18.8 Å². The fourth-order valence-corrected chi connectivity index (χ4v) is 3.34. The Morgan fingerprint density at radius 1 is 1.21 bits per heavy atom. The first kappa shape index (κ1) is 22.9. The number of hydrogen-bond donors (Lipinski definition) is 1. The molecule has 1 aliphatic rings. The van der Waals surface area contributed by atoms with E-state index in [1.54, 1.807) is 0 Å². The molecular weight excluding hydrogens is 366 g/mol. The molecule has 0 saturated carbocycles. The number of benzene rings is 1. The van der Waals surface area contributed by atoms with Gasteiger partial charge in [0.1, 0.15) is 36.1 Å². The van der Waals surface area contributed by atoms with Crippen molar-refractivity contribution in [1.29, 1.82) is 0 Å². The maximum absolute atomic E-state index is 13.8. The number of aliphatic hydroxyl groups is 1. The second kappa shape index (κ2) is 12.3. The van der Waals surface area contributed by atoms with Crippen LogP contribution in [-0.2, 0) is 20.8 Å². The van der Waals surface area contributed by atoms with Crippen LogP contribution >= 0.6 is 0 Å². The first-order chi connectivity index (χ1) is 13.6. The van der Waals surface area contributed by atoms with E-state index in [1.165, 1.54) is 44.9 Å². The fourth-order valence-electron chi connectivity index (χ4n) is 3.34. The largest absolute Gasteiger partial charge is 0.387 e. The number of aliphatic hydroxyl groups excluding tert-OH is 1. The van der Waals surface area contributed by atoms with Gasteiger partial charge < -0.3 is 19.3 Å². The lowest BCUT2D eigenvalue weighted by Gasteiger charge is -2.38. The molecule has 6 heteroatoms. The van der Waals surface area contributed by atoms with Crippen molar-refractivity contribution in [3.8, 4) is 0 Å². The van der Waals surface area contributed by atoms with Crippen LogP contribution in [0.1, 0.15) is 51.0 Å². The van der Waals surface area contributed by atoms with E-state index in [0.717, 1.165) is 18.9 Å². The molecule has 4 nitrogen and oxygen atoms in total. The van der Waals surface area contributed by atoms with Crippen LogP contribution < -0.4 is 0 Å². The minimum atomic E-state index is -0.877. The Morgan fingerprint density at radius 2 is 2.00 bits per heavy atom. The number of allylic oxidation sites excluding steroid dienone is 1. The minimum absolute atomic E-state index is 0.0506. The highest BCUT2D eigenvalue weighted by atomic mass is 19.1. The standard InChI is InChI=1S/C22H32F2O4/c1-3-4-5-6-7-8-9-10-19-21(25)22(26-2)20(15-28-19)27-14-16-11-12-17(23)13-18(16)24/h9-13,19-22,25H,3-8,14-15H2,1-2H3/b10-9+/t19-,20+,21+,22-/m0/s1. The van der Waals surface area contributed by atoms with E-state index < -0.39 is 36.1 Å². The Labute approximate surface area is 166 Å². The second-order valence-corrected chi connectivity index (χ2v) is 7.21. The van der Waals surface area contributed by atoms with Gasteiger partial charge in [-0.3, -0.25) is 0 Å². The molecule has 2 rings (SSSR count). The van der Waals surface area contributed by atoms with Gasteiger partial charge in [-0.05, 0) is 18.9 Å². The van der Waals surface area contributed by atoms with E-state index in [2.05, 4.69) is 6.92 Å². The molecule has 1 aliphatic heterocycles. The summed E-state index contributed by atoms with van der Waals surface area (Å²) in [5.74, 6) is -1.29. The zero-order valence-corrected chi connectivity index (χ0v) is 16.8. The monoisotopic (exact) mass is 398 g/mol. The Morgan fingerprint density at radius 3 is 2.71 bits per heavy atom. The third-order valence-corrected chi connectivity index (χ3v) is 5.03. The molecule has 1 aromatic rings. The summed E-state index contributed by atoms with van der Waals surface area (Å²) < 4.78 is 43.6. The third-order valence-electron chi connectivity index (χ3n) is 5.03. The van der Waals surface area contributed by atoms with Gasteiger partial charge in [0.2, 0.25) is 0 Å². The zero-order valence-electron chi connectivity index (χ0n) is 16.8. The van der Waals surface area contributed by atoms with Gasteiger partial charge in [-0.2, -0.15) is 0 Å². The smallest absolute Gasteiger partial charge is 0.131 e. The predicted molar refractivity (Wildman–Crippen MR) is 104 cm³/mol. The summed E-state index contributed by atoms with van der Waals surface area (Å²) >= 11 is 0. The quantitative estimate of drug-likeness (QED) is 0.439. The summed E-state index contributed by atoms with van der Waals surface area (Å²) in [6, 6.07) is 3.35. The summed E-state index contributed by atoms with van der Waals surface area (Å²) in [4.78, 5) is 0. The molecule has 28 heavy (non-hydrogen) atoms. The van der Waals surface area contributed by atoms with Crippen molar-refractivity contribution in [2.75, 3.05) is 13.7 Å². The number of methoxy groups -OCH3 is 1. The van der Waals surface area contributed by atoms with Crippen LogP contribution in [0.2, 0.25) is 0 Å². The van der Waals surface area contributed by atoms with Gasteiger partial charge in [0.05, 0.1) is 13.2 Å². The molecule has 158 valence electrons. The van der Waals surface area contributed by atoms with Crippen LogP contribution in [0, 0.1) is 11.6 Å². The molecule has 0 aliphatic carbocycles.